The van der Waals surface area contributed by atoms with Gasteiger partial charge >= 0.3 is 7.12 Å². The molecule has 0 unspecified atom stereocenters. The van der Waals surface area contributed by atoms with Crippen LogP contribution in [0.4, 0.5) is 17.1 Å². The zero-order chi connectivity index (χ0) is 19.3. The first kappa shape index (κ1) is 18.0. The number of rotatable bonds is 5. The van der Waals surface area contributed by atoms with E-state index in [-0.39, 0.29) is 0 Å². The molecule has 0 aromatic heterocycles. The van der Waals surface area contributed by atoms with Crippen LogP contribution >= 0.6 is 0 Å². The van der Waals surface area contributed by atoms with E-state index in [1.807, 2.05) is 54.6 Å². The molecule has 0 spiro atoms. The first-order valence-corrected chi connectivity index (χ1v) is 9.10. The van der Waals surface area contributed by atoms with Crippen LogP contribution in [0.15, 0.2) is 103 Å². The summed E-state index contributed by atoms with van der Waals surface area (Å²) in [5.74, 6) is 0. The number of hydrogen-bond acceptors (Lipinski definition) is 3. The lowest BCUT2D eigenvalue weighted by Crippen LogP contribution is -2.29. The second-order valence-electron chi connectivity index (χ2n) is 6.47. The topological polar surface area (TPSA) is 43.7 Å². The molecule has 28 heavy (non-hydrogen) atoms. The van der Waals surface area contributed by atoms with Gasteiger partial charge in [-0.3, -0.25) is 0 Å². The Labute approximate surface area is 165 Å². The third kappa shape index (κ3) is 3.84. The molecule has 0 saturated carbocycles. The highest BCUT2D eigenvalue weighted by Crippen LogP contribution is 2.34. The highest BCUT2D eigenvalue weighted by molar-refractivity contribution is 6.58. The Morgan fingerprint density at radius 1 is 0.571 bits per heavy atom. The maximum atomic E-state index is 9.37. The smallest absolute Gasteiger partial charge is 0.423 e. The summed E-state index contributed by atoms with van der Waals surface area (Å²) in [4.78, 5) is 2.14. The maximum Gasteiger partial charge on any atom is 0.488 e. The van der Waals surface area contributed by atoms with Gasteiger partial charge in [-0.2, -0.15) is 30.3 Å². The van der Waals surface area contributed by atoms with Crippen molar-refractivity contribution in [2.45, 2.75) is 0 Å². The SMILES string of the molecule is OB(O)c1ccc(N(c2ccccc2)c2ccc(-c3cc[c-]cc3)cc2)cc1. The van der Waals surface area contributed by atoms with E-state index < -0.39 is 7.12 Å². The quantitative estimate of drug-likeness (QED) is 0.410. The summed E-state index contributed by atoms with van der Waals surface area (Å²) in [6.45, 7) is 0. The van der Waals surface area contributed by atoms with Gasteiger partial charge in [-0.05, 0) is 47.4 Å². The lowest BCUT2D eigenvalue weighted by molar-refractivity contribution is 0.426. The largest absolute Gasteiger partial charge is 0.488 e. The molecule has 4 aromatic rings. The number of nitrogens with zero attached hydrogens (tertiary/aromatic N) is 1. The molecule has 0 aliphatic rings. The number of para-hydroxylation sites is 1. The molecule has 3 nitrogen and oxygen atoms in total. The van der Waals surface area contributed by atoms with Gasteiger partial charge in [0.1, 0.15) is 0 Å². The van der Waals surface area contributed by atoms with Crippen LogP contribution in [-0.4, -0.2) is 17.2 Å². The normalized spacial score (nSPS) is 10.5. The molecule has 0 atom stereocenters. The second kappa shape index (κ2) is 8.13. The fourth-order valence-corrected chi connectivity index (χ4v) is 3.20. The molecular weight excluding hydrogens is 345 g/mol. The lowest BCUT2D eigenvalue weighted by Gasteiger charge is -2.26. The van der Waals surface area contributed by atoms with Gasteiger partial charge in [-0.25, -0.2) is 0 Å². The molecule has 136 valence electrons. The first-order chi connectivity index (χ1) is 13.7. The molecule has 4 aromatic carbocycles. The molecule has 0 radical (unpaired) electrons. The minimum atomic E-state index is -1.47. The van der Waals surface area contributed by atoms with Crippen LogP contribution in [0.25, 0.3) is 11.1 Å². The summed E-state index contributed by atoms with van der Waals surface area (Å²) >= 11 is 0. The summed E-state index contributed by atoms with van der Waals surface area (Å²) in [5.41, 5.74) is 5.75. The fraction of sp³-hybridized carbons (Fsp3) is 0. The maximum absolute atomic E-state index is 9.37. The standard InChI is InChI=1S/C24H19BNO2/c27-25(28)21-13-17-24(18-14-21)26(22-9-5-2-6-10-22)23-15-11-20(12-16-23)19-7-3-1-4-8-19/h2-18,27-28H/q-1. The second-order valence-corrected chi connectivity index (χ2v) is 6.47. The van der Waals surface area contributed by atoms with Gasteiger partial charge in [0.25, 0.3) is 0 Å². The van der Waals surface area contributed by atoms with Crippen LogP contribution in [-0.2, 0) is 0 Å². The minimum absolute atomic E-state index is 0.466. The van der Waals surface area contributed by atoms with Gasteiger partial charge in [0, 0.05) is 17.1 Å². The molecule has 2 N–H and O–H groups in total. The van der Waals surface area contributed by atoms with E-state index in [0.29, 0.717) is 5.46 Å². The number of anilines is 3. The van der Waals surface area contributed by atoms with Gasteiger partial charge < -0.3 is 14.9 Å². The molecule has 0 heterocycles. The zero-order valence-electron chi connectivity index (χ0n) is 15.2. The van der Waals surface area contributed by atoms with Crippen LogP contribution in [0, 0.1) is 6.07 Å². The minimum Gasteiger partial charge on any atom is -0.423 e. The van der Waals surface area contributed by atoms with E-state index in [1.165, 1.54) is 0 Å². The summed E-state index contributed by atoms with van der Waals surface area (Å²) in [6.07, 6.45) is 0. The predicted molar refractivity (Wildman–Crippen MR) is 115 cm³/mol. The first-order valence-electron chi connectivity index (χ1n) is 9.10. The molecule has 0 amide bonds. The van der Waals surface area contributed by atoms with Crippen molar-refractivity contribution in [3.8, 4) is 11.1 Å². The molecule has 0 aliphatic carbocycles. The van der Waals surface area contributed by atoms with Crippen LogP contribution in [0.3, 0.4) is 0 Å². The molecule has 0 aliphatic heterocycles. The molecule has 4 rings (SSSR count). The highest BCUT2D eigenvalue weighted by atomic mass is 16.4. The van der Waals surface area contributed by atoms with E-state index in [2.05, 4.69) is 47.4 Å². The van der Waals surface area contributed by atoms with Crippen molar-refractivity contribution in [3.05, 3.63) is 109 Å². The molecular formula is C24H19BNO2-. The van der Waals surface area contributed by atoms with Crippen LogP contribution in [0.2, 0.25) is 0 Å². The van der Waals surface area contributed by atoms with Crippen molar-refractivity contribution in [2.75, 3.05) is 4.90 Å². The molecule has 0 fully saturated rings. The highest BCUT2D eigenvalue weighted by Gasteiger charge is 2.14. The van der Waals surface area contributed by atoms with Gasteiger partial charge in [-0.15, -0.1) is 5.56 Å². The summed E-state index contributed by atoms with van der Waals surface area (Å²) in [5, 5.41) is 18.7. The van der Waals surface area contributed by atoms with Crippen LogP contribution < -0.4 is 10.4 Å². The van der Waals surface area contributed by atoms with Crippen molar-refractivity contribution in [3.63, 3.8) is 0 Å². The van der Waals surface area contributed by atoms with Crippen LogP contribution in [0.5, 0.6) is 0 Å². The summed E-state index contributed by atoms with van der Waals surface area (Å²) < 4.78 is 0. The number of benzene rings is 4. The van der Waals surface area contributed by atoms with Crippen molar-refractivity contribution in [2.24, 2.45) is 0 Å². The Morgan fingerprint density at radius 3 is 1.64 bits per heavy atom. The predicted octanol–water partition coefficient (Wildman–Crippen LogP) is 4.30. The Bertz CT molecular complexity index is 1020. The van der Waals surface area contributed by atoms with E-state index in [0.717, 1.165) is 28.2 Å². The van der Waals surface area contributed by atoms with E-state index >= 15 is 0 Å². The zero-order valence-corrected chi connectivity index (χ0v) is 15.2. The third-order valence-electron chi connectivity index (χ3n) is 4.64. The lowest BCUT2D eigenvalue weighted by atomic mass is 9.80. The average Bonchev–Trinajstić information content (AvgIpc) is 2.76. The van der Waals surface area contributed by atoms with E-state index in [1.54, 1.807) is 12.1 Å². The monoisotopic (exact) mass is 364 g/mol. The van der Waals surface area contributed by atoms with E-state index in [9.17, 15) is 10.0 Å². The van der Waals surface area contributed by atoms with Gasteiger partial charge in [-0.1, -0.05) is 42.5 Å². The van der Waals surface area contributed by atoms with Crippen molar-refractivity contribution >= 4 is 29.6 Å². The van der Waals surface area contributed by atoms with Crippen molar-refractivity contribution < 1.29 is 10.0 Å². The van der Waals surface area contributed by atoms with Gasteiger partial charge in [0.05, 0.1) is 0 Å². The van der Waals surface area contributed by atoms with Crippen LogP contribution in [0.1, 0.15) is 0 Å². The summed E-state index contributed by atoms with van der Waals surface area (Å²) in [6, 6.07) is 36.7. The van der Waals surface area contributed by atoms with Crippen molar-refractivity contribution in [1.29, 1.82) is 0 Å². The Hall–Kier alpha value is -3.34. The third-order valence-corrected chi connectivity index (χ3v) is 4.64. The Morgan fingerprint density at radius 2 is 1.07 bits per heavy atom. The van der Waals surface area contributed by atoms with Gasteiger partial charge in [0.2, 0.25) is 0 Å². The van der Waals surface area contributed by atoms with Crippen molar-refractivity contribution in [1.82, 2.24) is 0 Å². The Kier molecular flexibility index (Phi) is 5.24. The molecule has 4 heteroatoms. The molecule has 0 saturated heterocycles. The molecule has 0 bridgehead atoms. The average molecular weight is 364 g/mol. The number of hydrogen-bond donors (Lipinski definition) is 2. The fourth-order valence-electron chi connectivity index (χ4n) is 3.20. The Balaban J connectivity index is 1.74. The van der Waals surface area contributed by atoms with E-state index in [4.69, 9.17) is 0 Å². The summed E-state index contributed by atoms with van der Waals surface area (Å²) in [7, 11) is -1.47. The van der Waals surface area contributed by atoms with Gasteiger partial charge in [0.15, 0.2) is 0 Å².